The van der Waals surface area contributed by atoms with Crippen LogP contribution in [-0.2, 0) is 15.8 Å². The van der Waals surface area contributed by atoms with E-state index in [0.717, 1.165) is 0 Å². The fourth-order valence-electron chi connectivity index (χ4n) is 3.01. The summed E-state index contributed by atoms with van der Waals surface area (Å²) in [5.74, 6) is -0.375. The minimum absolute atomic E-state index is 0.0247. The van der Waals surface area contributed by atoms with Gasteiger partial charge in [0.15, 0.2) is 0 Å². The van der Waals surface area contributed by atoms with Gasteiger partial charge in [0.1, 0.15) is 5.75 Å². The number of alkyl halides is 2. The quantitative estimate of drug-likeness (QED) is 0.734. The van der Waals surface area contributed by atoms with Crippen molar-refractivity contribution in [3.05, 3.63) is 65.7 Å². The number of amides is 1. The van der Waals surface area contributed by atoms with Crippen molar-refractivity contribution < 1.29 is 26.7 Å². The van der Waals surface area contributed by atoms with Gasteiger partial charge in [-0.2, -0.15) is 13.1 Å². The van der Waals surface area contributed by atoms with Gasteiger partial charge in [0, 0.05) is 31.7 Å². The maximum absolute atomic E-state index is 12.6. The van der Waals surface area contributed by atoms with Gasteiger partial charge < -0.3 is 9.64 Å². The molecule has 1 heterocycles. The number of rotatable bonds is 6. The van der Waals surface area contributed by atoms with E-state index in [1.165, 1.54) is 28.6 Å². The van der Waals surface area contributed by atoms with Crippen LogP contribution in [0.3, 0.4) is 0 Å². The molecule has 0 aromatic heterocycles. The van der Waals surface area contributed by atoms with Gasteiger partial charge in [-0.25, -0.2) is 8.42 Å². The number of sulfonamides is 1. The van der Waals surface area contributed by atoms with Crippen LogP contribution in [0.2, 0.25) is 0 Å². The molecule has 150 valence electrons. The van der Waals surface area contributed by atoms with Crippen LogP contribution in [0.15, 0.2) is 54.6 Å². The molecule has 3 rings (SSSR count). The smallest absolute Gasteiger partial charge is 0.387 e. The average Bonchev–Trinajstić information content (AvgIpc) is 2.68. The second-order valence-electron chi connectivity index (χ2n) is 6.34. The van der Waals surface area contributed by atoms with Gasteiger partial charge in [-0.05, 0) is 29.8 Å². The molecule has 1 fully saturated rings. The number of hydrogen-bond acceptors (Lipinski definition) is 4. The van der Waals surface area contributed by atoms with E-state index in [1.807, 2.05) is 6.07 Å². The van der Waals surface area contributed by atoms with Crippen LogP contribution in [0.4, 0.5) is 8.78 Å². The summed E-state index contributed by atoms with van der Waals surface area (Å²) in [5, 5.41) is 0. The fraction of sp³-hybridized carbons (Fsp3) is 0.316. The fourth-order valence-corrected chi connectivity index (χ4v) is 4.52. The maximum Gasteiger partial charge on any atom is 0.387 e. The van der Waals surface area contributed by atoms with E-state index in [-0.39, 0.29) is 43.6 Å². The number of nitrogens with zero attached hydrogens (tertiary/aromatic N) is 2. The molecule has 1 aliphatic rings. The highest BCUT2D eigenvalue weighted by atomic mass is 32.2. The van der Waals surface area contributed by atoms with Gasteiger partial charge in [-0.3, -0.25) is 4.79 Å². The molecule has 1 saturated heterocycles. The summed E-state index contributed by atoms with van der Waals surface area (Å²) < 4.78 is 55.2. The third-order valence-electron chi connectivity index (χ3n) is 4.44. The number of benzene rings is 2. The molecular weight excluding hydrogens is 390 g/mol. The van der Waals surface area contributed by atoms with Gasteiger partial charge >= 0.3 is 6.61 Å². The number of halogens is 2. The van der Waals surface area contributed by atoms with E-state index in [2.05, 4.69) is 4.74 Å². The molecule has 2 aromatic rings. The highest BCUT2D eigenvalue weighted by Crippen LogP contribution is 2.18. The summed E-state index contributed by atoms with van der Waals surface area (Å²) in [6.07, 6.45) is 0. The van der Waals surface area contributed by atoms with Crippen LogP contribution in [-0.4, -0.2) is 56.3 Å². The third-order valence-corrected chi connectivity index (χ3v) is 6.29. The van der Waals surface area contributed by atoms with Gasteiger partial charge in [0.25, 0.3) is 5.91 Å². The predicted octanol–water partition coefficient (Wildman–Crippen LogP) is 2.58. The van der Waals surface area contributed by atoms with Crippen molar-refractivity contribution in [1.29, 1.82) is 0 Å². The number of ether oxygens (including phenoxy) is 1. The first kappa shape index (κ1) is 20.2. The Hall–Kier alpha value is -2.52. The summed E-state index contributed by atoms with van der Waals surface area (Å²) in [5.41, 5.74) is 1.05. The highest BCUT2D eigenvalue weighted by molar-refractivity contribution is 7.88. The lowest BCUT2D eigenvalue weighted by molar-refractivity contribution is -0.0498. The molecule has 0 spiro atoms. The largest absolute Gasteiger partial charge is 0.435 e. The second-order valence-corrected chi connectivity index (χ2v) is 8.30. The molecule has 1 amide bonds. The molecule has 0 atom stereocenters. The minimum Gasteiger partial charge on any atom is -0.435 e. The average molecular weight is 410 g/mol. The molecule has 0 unspecified atom stereocenters. The lowest BCUT2D eigenvalue weighted by atomic mass is 10.2. The van der Waals surface area contributed by atoms with Gasteiger partial charge in [-0.1, -0.05) is 30.3 Å². The molecule has 0 bridgehead atoms. The second kappa shape index (κ2) is 8.66. The lowest BCUT2D eigenvalue weighted by Gasteiger charge is -2.34. The Labute approximate surface area is 162 Å². The van der Waals surface area contributed by atoms with Crippen molar-refractivity contribution >= 4 is 15.9 Å². The SMILES string of the molecule is O=C(c1ccc(OC(F)F)cc1)N1CCN(S(=O)(=O)Cc2ccccc2)CC1. The highest BCUT2D eigenvalue weighted by Gasteiger charge is 2.29. The first-order valence-corrected chi connectivity index (χ1v) is 10.3. The summed E-state index contributed by atoms with van der Waals surface area (Å²) in [6, 6.07) is 14.4. The Bertz CT molecular complexity index is 897. The molecular formula is C19H20F2N2O4S. The van der Waals surface area contributed by atoms with Crippen molar-refractivity contribution in [3.8, 4) is 5.75 Å². The van der Waals surface area contributed by atoms with Crippen molar-refractivity contribution in [2.45, 2.75) is 12.4 Å². The van der Waals surface area contributed by atoms with Crippen molar-refractivity contribution in [2.75, 3.05) is 26.2 Å². The van der Waals surface area contributed by atoms with E-state index >= 15 is 0 Å². The van der Waals surface area contributed by atoms with Crippen LogP contribution in [0.1, 0.15) is 15.9 Å². The van der Waals surface area contributed by atoms with E-state index in [4.69, 9.17) is 0 Å². The molecule has 28 heavy (non-hydrogen) atoms. The van der Waals surface area contributed by atoms with Crippen molar-refractivity contribution in [3.63, 3.8) is 0 Å². The Balaban J connectivity index is 1.58. The third kappa shape index (κ3) is 5.05. The van der Waals surface area contributed by atoms with E-state index in [9.17, 15) is 22.0 Å². The van der Waals surface area contributed by atoms with Crippen LogP contribution in [0.5, 0.6) is 5.75 Å². The van der Waals surface area contributed by atoms with Crippen LogP contribution < -0.4 is 4.74 Å². The topological polar surface area (TPSA) is 66.9 Å². The van der Waals surface area contributed by atoms with E-state index < -0.39 is 16.6 Å². The summed E-state index contributed by atoms with van der Waals surface area (Å²) >= 11 is 0. The van der Waals surface area contributed by atoms with E-state index in [1.54, 1.807) is 29.2 Å². The summed E-state index contributed by atoms with van der Waals surface area (Å²) in [7, 11) is -3.46. The molecule has 9 heteroatoms. The Morgan fingerprint density at radius 1 is 0.964 bits per heavy atom. The normalized spacial score (nSPS) is 15.6. The van der Waals surface area contributed by atoms with Crippen molar-refractivity contribution in [1.82, 2.24) is 9.21 Å². The molecule has 6 nitrogen and oxygen atoms in total. The van der Waals surface area contributed by atoms with Gasteiger partial charge in [0.05, 0.1) is 5.75 Å². The van der Waals surface area contributed by atoms with Gasteiger partial charge in [-0.15, -0.1) is 0 Å². The Morgan fingerprint density at radius 3 is 2.14 bits per heavy atom. The summed E-state index contributed by atoms with van der Waals surface area (Å²) in [4.78, 5) is 14.1. The standard InChI is InChI=1S/C19H20F2N2O4S/c20-19(21)27-17-8-6-16(7-9-17)18(24)22-10-12-23(13-11-22)28(25,26)14-15-4-2-1-3-5-15/h1-9,19H,10-14H2. The zero-order valence-corrected chi connectivity index (χ0v) is 15.8. The van der Waals surface area contributed by atoms with E-state index in [0.29, 0.717) is 11.1 Å². The summed E-state index contributed by atoms with van der Waals surface area (Å²) in [6.45, 7) is -1.96. The van der Waals surface area contributed by atoms with Crippen LogP contribution in [0.25, 0.3) is 0 Å². The maximum atomic E-state index is 12.6. The number of hydrogen-bond donors (Lipinski definition) is 0. The molecule has 2 aromatic carbocycles. The Morgan fingerprint density at radius 2 is 1.57 bits per heavy atom. The minimum atomic E-state index is -3.46. The van der Waals surface area contributed by atoms with Crippen molar-refractivity contribution in [2.24, 2.45) is 0 Å². The number of carbonyl (C=O) groups is 1. The molecule has 0 N–H and O–H groups in total. The molecule has 0 saturated carbocycles. The number of carbonyl (C=O) groups excluding carboxylic acids is 1. The molecule has 1 aliphatic heterocycles. The molecule has 0 radical (unpaired) electrons. The monoisotopic (exact) mass is 410 g/mol. The first-order chi connectivity index (χ1) is 13.3. The van der Waals surface area contributed by atoms with Crippen LogP contribution >= 0.6 is 0 Å². The lowest BCUT2D eigenvalue weighted by Crippen LogP contribution is -2.50. The zero-order valence-electron chi connectivity index (χ0n) is 15.0. The first-order valence-electron chi connectivity index (χ1n) is 8.71. The zero-order chi connectivity index (χ0) is 20.1. The number of piperazine rings is 1. The molecule has 0 aliphatic carbocycles. The predicted molar refractivity (Wildman–Crippen MR) is 99.6 cm³/mol. The van der Waals surface area contributed by atoms with Crippen LogP contribution in [0, 0.1) is 0 Å². The van der Waals surface area contributed by atoms with Gasteiger partial charge in [0.2, 0.25) is 10.0 Å². The Kier molecular flexibility index (Phi) is 6.25.